The minimum Gasteiger partial charge on any atom is -0.352 e. The van der Waals surface area contributed by atoms with Crippen LogP contribution in [-0.2, 0) is 13.6 Å². The SMILES string of the molecule is CN(Cc1nccn1C)c1cc(=O)[nH]cn1. The first-order chi connectivity index (χ1) is 7.66. The van der Waals surface area contributed by atoms with Gasteiger partial charge in [-0.1, -0.05) is 0 Å². The molecule has 0 aliphatic carbocycles. The number of aryl methyl sites for hydroxylation is 1. The average Bonchev–Trinajstić information content (AvgIpc) is 2.64. The van der Waals surface area contributed by atoms with Crippen molar-refractivity contribution < 1.29 is 0 Å². The average molecular weight is 219 g/mol. The Labute approximate surface area is 92.6 Å². The number of nitrogens with zero attached hydrogens (tertiary/aromatic N) is 4. The van der Waals surface area contributed by atoms with Gasteiger partial charge in [-0.3, -0.25) is 4.79 Å². The second-order valence-electron chi connectivity index (χ2n) is 3.58. The zero-order valence-corrected chi connectivity index (χ0v) is 9.21. The van der Waals surface area contributed by atoms with Crippen LogP contribution in [0.2, 0.25) is 0 Å². The monoisotopic (exact) mass is 219 g/mol. The van der Waals surface area contributed by atoms with E-state index in [9.17, 15) is 4.79 Å². The fourth-order valence-corrected chi connectivity index (χ4v) is 1.41. The summed E-state index contributed by atoms with van der Waals surface area (Å²) in [5, 5.41) is 0. The molecule has 6 heteroatoms. The van der Waals surface area contributed by atoms with E-state index in [1.165, 1.54) is 12.4 Å². The Morgan fingerprint density at radius 3 is 2.94 bits per heavy atom. The highest BCUT2D eigenvalue weighted by Gasteiger charge is 2.06. The molecule has 2 aromatic heterocycles. The number of nitrogens with one attached hydrogen (secondary N) is 1. The Morgan fingerprint density at radius 2 is 2.31 bits per heavy atom. The number of hydrogen-bond acceptors (Lipinski definition) is 4. The van der Waals surface area contributed by atoms with Crippen molar-refractivity contribution in [3.8, 4) is 0 Å². The van der Waals surface area contributed by atoms with E-state index in [4.69, 9.17) is 0 Å². The Morgan fingerprint density at radius 1 is 1.50 bits per heavy atom. The quantitative estimate of drug-likeness (QED) is 0.797. The standard InChI is InChI=1S/C10H13N5O/c1-14-4-3-11-9(14)6-15(2)8-5-10(16)13-7-12-8/h3-5,7H,6H2,1-2H3,(H,12,13,16). The molecule has 0 saturated heterocycles. The van der Waals surface area contributed by atoms with Crippen molar-refractivity contribution in [1.82, 2.24) is 19.5 Å². The first-order valence-electron chi connectivity index (χ1n) is 4.89. The van der Waals surface area contributed by atoms with E-state index in [1.54, 1.807) is 6.20 Å². The van der Waals surface area contributed by atoms with Gasteiger partial charge in [0.25, 0.3) is 5.56 Å². The molecule has 1 N–H and O–H groups in total. The van der Waals surface area contributed by atoms with Gasteiger partial charge in [0.05, 0.1) is 12.9 Å². The predicted molar refractivity (Wildman–Crippen MR) is 60.2 cm³/mol. The topological polar surface area (TPSA) is 66.8 Å². The second kappa shape index (κ2) is 4.18. The van der Waals surface area contributed by atoms with Crippen LogP contribution in [0.1, 0.15) is 5.82 Å². The van der Waals surface area contributed by atoms with E-state index >= 15 is 0 Å². The van der Waals surface area contributed by atoms with Gasteiger partial charge in [0.15, 0.2) is 0 Å². The van der Waals surface area contributed by atoms with Crippen molar-refractivity contribution in [2.45, 2.75) is 6.54 Å². The van der Waals surface area contributed by atoms with Crippen molar-refractivity contribution in [2.75, 3.05) is 11.9 Å². The highest BCUT2D eigenvalue weighted by Crippen LogP contribution is 2.07. The van der Waals surface area contributed by atoms with Gasteiger partial charge in [0.1, 0.15) is 11.6 Å². The number of anilines is 1. The Kier molecular flexibility index (Phi) is 2.72. The van der Waals surface area contributed by atoms with Crippen molar-refractivity contribution in [2.24, 2.45) is 7.05 Å². The summed E-state index contributed by atoms with van der Waals surface area (Å²) in [6.45, 7) is 0.611. The Bertz CT molecular complexity index is 530. The van der Waals surface area contributed by atoms with Gasteiger partial charge in [0.2, 0.25) is 0 Å². The molecule has 0 aliphatic rings. The van der Waals surface area contributed by atoms with Gasteiger partial charge in [-0.15, -0.1) is 0 Å². The normalized spacial score (nSPS) is 10.4. The number of hydrogen-bond donors (Lipinski definition) is 1. The maximum Gasteiger partial charge on any atom is 0.252 e. The number of rotatable bonds is 3. The molecule has 0 unspecified atom stereocenters. The lowest BCUT2D eigenvalue weighted by molar-refractivity contribution is 0.753. The van der Waals surface area contributed by atoms with Crippen LogP contribution in [0.3, 0.4) is 0 Å². The Hall–Kier alpha value is -2.11. The van der Waals surface area contributed by atoms with Gasteiger partial charge in [-0.05, 0) is 0 Å². The fourth-order valence-electron chi connectivity index (χ4n) is 1.41. The van der Waals surface area contributed by atoms with Crippen molar-refractivity contribution >= 4 is 5.82 Å². The summed E-state index contributed by atoms with van der Waals surface area (Å²) in [6, 6.07) is 1.46. The molecule has 0 radical (unpaired) electrons. The molecule has 0 aliphatic heterocycles. The lowest BCUT2D eigenvalue weighted by atomic mass is 10.4. The summed E-state index contributed by atoms with van der Waals surface area (Å²) in [5.41, 5.74) is -0.156. The molecule has 16 heavy (non-hydrogen) atoms. The van der Waals surface area contributed by atoms with Crippen LogP contribution < -0.4 is 10.5 Å². The van der Waals surface area contributed by atoms with E-state index in [1.807, 2.05) is 29.8 Å². The summed E-state index contributed by atoms with van der Waals surface area (Å²) >= 11 is 0. The number of aromatic amines is 1. The highest BCUT2D eigenvalue weighted by molar-refractivity contribution is 5.35. The number of aromatic nitrogens is 4. The Balaban J connectivity index is 2.17. The minimum atomic E-state index is -0.156. The van der Waals surface area contributed by atoms with E-state index < -0.39 is 0 Å². The first kappa shape index (κ1) is 10.4. The van der Waals surface area contributed by atoms with Crippen LogP contribution >= 0.6 is 0 Å². The number of H-pyrrole nitrogens is 1. The molecule has 0 fully saturated rings. The van der Waals surface area contributed by atoms with Crippen molar-refractivity contribution in [3.63, 3.8) is 0 Å². The van der Waals surface area contributed by atoms with Gasteiger partial charge in [-0.2, -0.15) is 0 Å². The van der Waals surface area contributed by atoms with Crippen LogP contribution in [0.25, 0.3) is 0 Å². The molecule has 0 spiro atoms. The van der Waals surface area contributed by atoms with E-state index in [-0.39, 0.29) is 5.56 Å². The zero-order chi connectivity index (χ0) is 11.5. The molecule has 0 aromatic carbocycles. The first-order valence-corrected chi connectivity index (χ1v) is 4.89. The van der Waals surface area contributed by atoms with Crippen LogP contribution in [-0.4, -0.2) is 26.6 Å². The smallest absolute Gasteiger partial charge is 0.252 e. The minimum absolute atomic E-state index is 0.156. The van der Waals surface area contributed by atoms with Gasteiger partial charge in [-0.25, -0.2) is 9.97 Å². The molecule has 0 amide bonds. The molecular weight excluding hydrogens is 206 g/mol. The predicted octanol–water partition coefficient (Wildman–Crippen LogP) is 0.140. The molecule has 6 nitrogen and oxygen atoms in total. The highest BCUT2D eigenvalue weighted by atomic mass is 16.1. The molecule has 2 aromatic rings. The molecule has 2 rings (SSSR count). The fraction of sp³-hybridized carbons (Fsp3) is 0.300. The molecule has 0 saturated carbocycles. The van der Waals surface area contributed by atoms with Gasteiger partial charge < -0.3 is 14.5 Å². The molecular formula is C10H13N5O. The summed E-state index contributed by atoms with van der Waals surface area (Å²) in [5.74, 6) is 1.55. The van der Waals surface area contributed by atoms with Gasteiger partial charge >= 0.3 is 0 Å². The van der Waals surface area contributed by atoms with Crippen LogP contribution in [0.15, 0.2) is 29.6 Å². The van der Waals surface area contributed by atoms with Crippen molar-refractivity contribution in [3.05, 3.63) is 41.0 Å². The summed E-state index contributed by atoms with van der Waals surface area (Å²) in [4.78, 5) is 23.8. The summed E-state index contributed by atoms with van der Waals surface area (Å²) in [7, 11) is 3.80. The third-order valence-corrected chi connectivity index (χ3v) is 2.35. The lowest BCUT2D eigenvalue weighted by Crippen LogP contribution is -2.22. The summed E-state index contributed by atoms with van der Waals surface area (Å²) in [6.07, 6.45) is 5.02. The third-order valence-electron chi connectivity index (χ3n) is 2.35. The van der Waals surface area contributed by atoms with Gasteiger partial charge in [0, 0.05) is 32.6 Å². The molecule has 0 bridgehead atoms. The maximum absolute atomic E-state index is 11.1. The third kappa shape index (κ3) is 2.10. The maximum atomic E-state index is 11.1. The molecule has 0 atom stereocenters. The van der Waals surface area contributed by atoms with E-state index in [2.05, 4.69) is 15.0 Å². The lowest BCUT2D eigenvalue weighted by Gasteiger charge is -2.16. The zero-order valence-electron chi connectivity index (χ0n) is 9.21. The van der Waals surface area contributed by atoms with Crippen LogP contribution in [0.4, 0.5) is 5.82 Å². The van der Waals surface area contributed by atoms with Crippen LogP contribution in [0.5, 0.6) is 0 Å². The number of imidazole rings is 1. The largest absolute Gasteiger partial charge is 0.352 e. The van der Waals surface area contributed by atoms with E-state index in [0.29, 0.717) is 12.4 Å². The second-order valence-corrected chi connectivity index (χ2v) is 3.58. The molecule has 2 heterocycles. The van der Waals surface area contributed by atoms with Crippen LogP contribution in [0, 0.1) is 0 Å². The molecule has 84 valence electrons. The van der Waals surface area contributed by atoms with Crippen molar-refractivity contribution in [1.29, 1.82) is 0 Å². The summed E-state index contributed by atoms with van der Waals surface area (Å²) < 4.78 is 1.93. The van der Waals surface area contributed by atoms with E-state index in [0.717, 1.165) is 5.82 Å².